The van der Waals surface area contributed by atoms with Crippen molar-refractivity contribution in [1.82, 2.24) is 14.8 Å². The molecule has 0 unspecified atom stereocenters. The van der Waals surface area contributed by atoms with Gasteiger partial charge in [0, 0.05) is 18.0 Å². The van der Waals surface area contributed by atoms with E-state index in [1.165, 1.54) is 23.1 Å². The van der Waals surface area contributed by atoms with E-state index in [0.717, 1.165) is 60.0 Å². The molecule has 1 aliphatic heterocycles. The molecule has 2 aromatic heterocycles. The Hall–Kier alpha value is -2.89. The van der Waals surface area contributed by atoms with Crippen LogP contribution < -0.4 is 16.0 Å². The number of morpholine rings is 1. The van der Waals surface area contributed by atoms with E-state index in [-0.39, 0.29) is 11.7 Å². The van der Waals surface area contributed by atoms with Crippen LogP contribution in [0.5, 0.6) is 0 Å². The number of primary amides is 1. The van der Waals surface area contributed by atoms with E-state index in [0.29, 0.717) is 28.9 Å². The molecule has 1 saturated heterocycles. The minimum atomic E-state index is -0.489. The second-order valence-electron chi connectivity index (χ2n) is 8.32. The molecule has 1 aliphatic carbocycles. The van der Waals surface area contributed by atoms with E-state index in [1.807, 2.05) is 35.8 Å². The van der Waals surface area contributed by atoms with Gasteiger partial charge in [-0.2, -0.15) is 0 Å². The van der Waals surface area contributed by atoms with Crippen molar-refractivity contribution in [3.8, 4) is 5.69 Å². The molecule has 2 amide bonds. The molecule has 1 fully saturated rings. The standard InChI is InChI=1S/C23H26N6O3S2/c1-14-5-7-15(8-6-14)29-22(28-9-11-32-12-10-28)26-27-23(29)33-13-18(30)25-21-19(20(24)31)16-3-2-4-17(16)34-21/h5-8H,2-4,9-13H2,1H3,(H2,24,31)(H,25,30). The second-order valence-corrected chi connectivity index (χ2v) is 10.4. The Morgan fingerprint density at radius 1 is 1.18 bits per heavy atom. The van der Waals surface area contributed by atoms with Crippen molar-refractivity contribution in [2.75, 3.05) is 42.3 Å². The number of anilines is 2. The number of benzene rings is 1. The number of nitrogens with two attached hydrogens (primary N) is 1. The molecule has 1 aromatic carbocycles. The molecule has 0 bridgehead atoms. The smallest absolute Gasteiger partial charge is 0.251 e. The number of ether oxygens (including phenoxy) is 1. The molecular weight excluding hydrogens is 472 g/mol. The van der Waals surface area contributed by atoms with Crippen molar-refractivity contribution in [3.63, 3.8) is 0 Å². The quantitative estimate of drug-likeness (QED) is 0.481. The number of hydrogen-bond donors (Lipinski definition) is 2. The van der Waals surface area contributed by atoms with Crippen LogP contribution >= 0.6 is 23.1 Å². The molecular formula is C23H26N6O3S2. The van der Waals surface area contributed by atoms with Crippen LogP contribution in [-0.2, 0) is 22.4 Å². The van der Waals surface area contributed by atoms with Gasteiger partial charge in [-0.1, -0.05) is 29.5 Å². The third-order valence-electron chi connectivity index (χ3n) is 5.96. The fraction of sp³-hybridized carbons (Fsp3) is 0.391. The van der Waals surface area contributed by atoms with Crippen LogP contribution in [0.15, 0.2) is 29.4 Å². The van der Waals surface area contributed by atoms with Crippen LogP contribution in [0.4, 0.5) is 10.9 Å². The molecule has 9 nitrogen and oxygen atoms in total. The summed E-state index contributed by atoms with van der Waals surface area (Å²) in [5.41, 5.74) is 9.17. The first kappa shape index (κ1) is 22.9. The summed E-state index contributed by atoms with van der Waals surface area (Å²) >= 11 is 2.77. The number of aromatic nitrogens is 3. The van der Waals surface area contributed by atoms with Gasteiger partial charge in [0.15, 0.2) is 5.16 Å². The van der Waals surface area contributed by atoms with Crippen molar-refractivity contribution in [2.45, 2.75) is 31.3 Å². The molecule has 34 heavy (non-hydrogen) atoms. The summed E-state index contributed by atoms with van der Waals surface area (Å²) in [6.07, 6.45) is 2.78. The highest BCUT2D eigenvalue weighted by Gasteiger charge is 2.27. The zero-order valence-electron chi connectivity index (χ0n) is 18.9. The summed E-state index contributed by atoms with van der Waals surface area (Å²) in [5.74, 6) is 0.171. The van der Waals surface area contributed by atoms with E-state index in [9.17, 15) is 9.59 Å². The number of carbonyl (C=O) groups excluding carboxylic acids is 2. The van der Waals surface area contributed by atoms with E-state index in [4.69, 9.17) is 10.5 Å². The summed E-state index contributed by atoms with van der Waals surface area (Å²) in [7, 11) is 0. The molecule has 3 N–H and O–H groups in total. The van der Waals surface area contributed by atoms with E-state index >= 15 is 0 Å². The zero-order valence-corrected chi connectivity index (χ0v) is 20.5. The van der Waals surface area contributed by atoms with Crippen molar-refractivity contribution < 1.29 is 14.3 Å². The lowest BCUT2D eigenvalue weighted by molar-refractivity contribution is -0.113. The Morgan fingerprint density at radius 3 is 2.68 bits per heavy atom. The summed E-state index contributed by atoms with van der Waals surface area (Å²) < 4.78 is 7.47. The molecule has 0 saturated carbocycles. The Balaban J connectivity index is 1.35. The Morgan fingerprint density at radius 2 is 1.94 bits per heavy atom. The number of rotatable bonds is 7. The molecule has 3 aromatic rings. The van der Waals surface area contributed by atoms with Gasteiger partial charge in [0.2, 0.25) is 11.9 Å². The van der Waals surface area contributed by atoms with Crippen LogP contribution in [0.1, 0.15) is 32.8 Å². The predicted molar refractivity (Wildman–Crippen MR) is 133 cm³/mol. The third kappa shape index (κ3) is 4.55. The maximum atomic E-state index is 12.8. The number of fused-ring (bicyclic) bond motifs is 1. The average molecular weight is 499 g/mol. The van der Waals surface area contributed by atoms with Gasteiger partial charge in [0.1, 0.15) is 5.00 Å². The van der Waals surface area contributed by atoms with Crippen LogP contribution in [-0.4, -0.2) is 58.6 Å². The predicted octanol–water partition coefficient (Wildman–Crippen LogP) is 2.79. The molecule has 3 heterocycles. The number of nitrogens with one attached hydrogen (secondary N) is 1. The third-order valence-corrected chi connectivity index (χ3v) is 8.09. The minimum Gasteiger partial charge on any atom is -0.378 e. The first-order valence-corrected chi connectivity index (χ1v) is 13.0. The summed E-state index contributed by atoms with van der Waals surface area (Å²) in [4.78, 5) is 28.1. The summed E-state index contributed by atoms with van der Waals surface area (Å²) in [6, 6.07) is 8.14. The zero-order chi connectivity index (χ0) is 23.7. The Bertz CT molecular complexity index is 1210. The minimum absolute atomic E-state index is 0.133. The van der Waals surface area contributed by atoms with Gasteiger partial charge in [0.25, 0.3) is 5.91 Å². The van der Waals surface area contributed by atoms with Gasteiger partial charge in [0.05, 0.1) is 30.2 Å². The molecule has 178 valence electrons. The maximum absolute atomic E-state index is 12.8. The van der Waals surface area contributed by atoms with Gasteiger partial charge < -0.3 is 20.7 Å². The molecule has 11 heteroatoms. The van der Waals surface area contributed by atoms with Crippen LogP contribution in [0.25, 0.3) is 5.69 Å². The monoisotopic (exact) mass is 498 g/mol. The molecule has 0 radical (unpaired) electrons. The normalized spacial score (nSPS) is 15.4. The van der Waals surface area contributed by atoms with Crippen molar-refractivity contribution in [1.29, 1.82) is 0 Å². The van der Waals surface area contributed by atoms with Crippen LogP contribution in [0.2, 0.25) is 0 Å². The van der Waals surface area contributed by atoms with Crippen molar-refractivity contribution in [3.05, 3.63) is 45.8 Å². The summed E-state index contributed by atoms with van der Waals surface area (Å²) in [6.45, 7) is 4.78. The lowest BCUT2D eigenvalue weighted by Gasteiger charge is -2.27. The van der Waals surface area contributed by atoms with E-state index < -0.39 is 5.91 Å². The number of carbonyl (C=O) groups is 2. The lowest BCUT2D eigenvalue weighted by Crippen LogP contribution is -2.37. The van der Waals surface area contributed by atoms with Gasteiger partial charge in [-0.25, -0.2) is 0 Å². The fourth-order valence-corrected chi connectivity index (χ4v) is 6.35. The van der Waals surface area contributed by atoms with Crippen molar-refractivity contribution in [2.24, 2.45) is 5.73 Å². The SMILES string of the molecule is Cc1ccc(-n2c(SCC(=O)Nc3sc4c(c3C(N)=O)CCC4)nnc2N2CCOCC2)cc1. The number of nitrogens with zero attached hydrogens (tertiary/aromatic N) is 4. The van der Waals surface area contributed by atoms with Gasteiger partial charge >= 0.3 is 0 Å². The lowest BCUT2D eigenvalue weighted by atomic mass is 10.1. The Labute approximate surface area is 205 Å². The number of amides is 2. The fourth-order valence-electron chi connectivity index (χ4n) is 4.29. The molecule has 0 spiro atoms. The number of thioether (sulfide) groups is 1. The molecule has 5 rings (SSSR count). The molecule has 2 aliphatic rings. The Kier molecular flexibility index (Phi) is 6.57. The van der Waals surface area contributed by atoms with Gasteiger partial charge in [-0.3, -0.25) is 14.2 Å². The summed E-state index contributed by atoms with van der Waals surface area (Å²) in [5, 5.41) is 12.9. The highest BCUT2D eigenvalue weighted by molar-refractivity contribution is 7.99. The van der Waals surface area contributed by atoms with E-state index in [1.54, 1.807) is 0 Å². The van der Waals surface area contributed by atoms with E-state index in [2.05, 4.69) is 20.4 Å². The maximum Gasteiger partial charge on any atom is 0.251 e. The van der Waals surface area contributed by atoms with Crippen LogP contribution in [0.3, 0.4) is 0 Å². The van der Waals surface area contributed by atoms with Crippen molar-refractivity contribution >= 4 is 45.9 Å². The first-order valence-electron chi connectivity index (χ1n) is 11.2. The highest BCUT2D eigenvalue weighted by Crippen LogP contribution is 2.39. The first-order chi connectivity index (χ1) is 16.5. The van der Waals surface area contributed by atoms with Gasteiger partial charge in [-0.15, -0.1) is 21.5 Å². The van der Waals surface area contributed by atoms with Gasteiger partial charge in [-0.05, 0) is 43.9 Å². The number of hydrogen-bond acceptors (Lipinski definition) is 8. The second kappa shape index (κ2) is 9.77. The number of aryl methyl sites for hydroxylation is 2. The highest BCUT2D eigenvalue weighted by atomic mass is 32.2. The average Bonchev–Trinajstić information content (AvgIpc) is 3.53. The largest absolute Gasteiger partial charge is 0.378 e. The van der Waals surface area contributed by atoms with Crippen LogP contribution in [0, 0.1) is 6.92 Å². The topological polar surface area (TPSA) is 115 Å². The molecule has 0 atom stereocenters. The number of thiophene rings is 1.